The van der Waals surface area contributed by atoms with Gasteiger partial charge in [-0.15, -0.1) is 0 Å². The van der Waals surface area contributed by atoms with Crippen LogP contribution in [0.3, 0.4) is 0 Å². The normalized spacial score (nSPS) is 31.9. The van der Waals surface area contributed by atoms with Crippen LogP contribution in [0.4, 0.5) is 0 Å². The van der Waals surface area contributed by atoms with E-state index in [1.54, 1.807) is 0 Å². The Morgan fingerprint density at radius 2 is 1.74 bits per heavy atom. The molecule has 2 aliphatic heterocycles. The molecule has 0 amide bonds. The zero-order chi connectivity index (χ0) is 13.7. The lowest BCUT2D eigenvalue weighted by Crippen LogP contribution is -2.51. The summed E-state index contributed by atoms with van der Waals surface area (Å²) < 4.78 is 0. The van der Waals surface area contributed by atoms with Gasteiger partial charge in [0.1, 0.15) is 0 Å². The molecule has 0 radical (unpaired) electrons. The highest BCUT2D eigenvalue weighted by molar-refractivity contribution is 4.96. The van der Waals surface area contributed by atoms with Crippen LogP contribution in [0.25, 0.3) is 0 Å². The second-order valence-electron chi connectivity index (χ2n) is 6.71. The summed E-state index contributed by atoms with van der Waals surface area (Å²) in [5.74, 6) is 0. The molecule has 0 aromatic carbocycles. The van der Waals surface area contributed by atoms with Crippen molar-refractivity contribution in [1.29, 1.82) is 0 Å². The summed E-state index contributed by atoms with van der Waals surface area (Å²) in [7, 11) is 0. The van der Waals surface area contributed by atoms with Crippen LogP contribution >= 0.6 is 0 Å². The molecule has 19 heavy (non-hydrogen) atoms. The van der Waals surface area contributed by atoms with E-state index in [0.29, 0.717) is 0 Å². The molecule has 3 atom stereocenters. The summed E-state index contributed by atoms with van der Waals surface area (Å²) >= 11 is 0. The third-order valence-electron chi connectivity index (χ3n) is 5.23. The number of fused-ring (bicyclic) bond motifs is 2. The molecular weight excluding hydrogens is 232 g/mol. The maximum Gasteiger partial charge on any atom is 0.0128 e. The number of nitrogens with zero attached hydrogens (tertiary/aromatic N) is 1. The largest absolute Gasteiger partial charge is 0.311 e. The number of nitrogens with one attached hydrogen (secondary N) is 1. The molecule has 3 unspecified atom stereocenters. The Morgan fingerprint density at radius 1 is 1.05 bits per heavy atom. The van der Waals surface area contributed by atoms with Gasteiger partial charge in [0.15, 0.2) is 0 Å². The molecule has 0 spiro atoms. The van der Waals surface area contributed by atoms with E-state index in [4.69, 9.17) is 0 Å². The molecule has 0 saturated carbocycles. The predicted molar refractivity (Wildman–Crippen MR) is 83.6 cm³/mol. The van der Waals surface area contributed by atoms with E-state index in [9.17, 15) is 0 Å². The highest BCUT2D eigenvalue weighted by Gasteiger charge is 2.37. The summed E-state index contributed by atoms with van der Waals surface area (Å²) in [6.07, 6.45) is 12.4. The maximum atomic E-state index is 3.79. The number of hydrogen-bond acceptors (Lipinski definition) is 2. The predicted octanol–water partition coefficient (Wildman–Crippen LogP) is 3.95. The van der Waals surface area contributed by atoms with Crippen LogP contribution in [0.2, 0.25) is 0 Å². The third-order valence-corrected chi connectivity index (χ3v) is 5.23. The molecule has 112 valence electrons. The molecule has 2 rings (SSSR count). The van der Waals surface area contributed by atoms with Crippen LogP contribution in [-0.4, -0.2) is 35.6 Å². The molecular formula is C17H34N2. The Balaban J connectivity index is 1.97. The van der Waals surface area contributed by atoms with E-state index < -0.39 is 0 Å². The van der Waals surface area contributed by atoms with Gasteiger partial charge in [0.2, 0.25) is 0 Å². The van der Waals surface area contributed by atoms with Crippen LogP contribution in [0.15, 0.2) is 0 Å². The molecule has 0 aromatic rings. The van der Waals surface area contributed by atoms with Crippen molar-refractivity contribution in [2.24, 2.45) is 0 Å². The van der Waals surface area contributed by atoms with E-state index in [1.165, 1.54) is 64.3 Å². The summed E-state index contributed by atoms with van der Waals surface area (Å²) in [6.45, 7) is 8.36. The minimum atomic E-state index is 0.826. The standard InChI is InChI=1S/C17H34N2/c1-4-7-8-16(6-3)19(11-5-2)17-12-14-9-10-15(13-17)18-14/h14-18H,4-13H2,1-3H3. The average Bonchev–Trinajstić information content (AvgIpc) is 2.77. The first-order valence-electron chi connectivity index (χ1n) is 8.80. The van der Waals surface area contributed by atoms with E-state index in [0.717, 1.165) is 24.2 Å². The van der Waals surface area contributed by atoms with E-state index >= 15 is 0 Å². The van der Waals surface area contributed by atoms with Crippen molar-refractivity contribution in [2.75, 3.05) is 6.54 Å². The Labute approximate surface area is 120 Å². The minimum Gasteiger partial charge on any atom is -0.311 e. The Hall–Kier alpha value is -0.0800. The first kappa shape index (κ1) is 15.3. The number of piperidine rings is 1. The second kappa shape index (κ2) is 7.64. The van der Waals surface area contributed by atoms with Gasteiger partial charge in [-0.3, -0.25) is 4.90 Å². The lowest BCUT2D eigenvalue weighted by Gasteiger charge is -2.42. The van der Waals surface area contributed by atoms with Gasteiger partial charge in [-0.2, -0.15) is 0 Å². The van der Waals surface area contributed by atoms with Gasteiger partial charge in [0.25, 0.3) is 0 Å². The topological polar surface area (TPSA) is 15.3 Å². The van der Waals surface area contributed by atoms with Gasteiger partial charge in [-0.1, -0.05) is 33.6 Å². The molecule has 2 heterocycles. The summed E-state index contributed by atoms with van der Waals surface area (Å²) in [4.78, 5) is 2.89. The molecule has 2 nitrogen and oxygen atoms in total. The van der Waals surface area contributed by atoms with Crippen LogP contribution < -0.4 is 5.32 Å². The molecule has 2 bridgehead atoms. The average molecular weight is 266 g/mol. The van der Waals surface area contributed by atoms with Crippen LogP contribution in [-0.2, 0) is 0 Å². The van der Waals surface area contributed by atoms with E-state index in [2.05, 4.69) is 31.0 Å². The fraction of sp³-hybridized carbons (Fsp3) is 1.00. The van der Waals surface area contributed by atoms with Crippen molar-refractivity contribution in [1.82, 2.24) is 10.2 Å². The first-order valence-corrected chi connectivity index (χ1v) is 8.80. The zero-order valence-corrected chi connectivity index (χ0v) is 13.3. The van der Waals surface area contributed by atoms with E-state index in [-0.39, 0.29) is 0 Å². The van der Waals surface area contributed by atoms with Gasteiger partial charge in [-0.25, -0.2) is 0 Å². The molecule has 2 heteroatoms. The molecule has 2 saturated heterocycles. The fourth-order valence-corrected chi connectivity index (χ4v) is 4.26. The Bertz CT molecular complexity index is 242. The van der Waals surface area contributed by atoms with Crippen molar-refractivity contribution in [3.63, 3.8) is 0 Å². The number of rotatable bonds is 8. The highest BCUT2D eigenvalue weighted by atomic mass is 15.2. The van der Waals surface area contributed by atoms with Crippen molar-refractivity contribution in [3.8, 4) is 0 Å². The monoisotopic (exact) mass is 266 g/mol. The van der Waals surface area contributed by atoms with Crippen LogP contribution in [0.5, 0.6) is 0 Å². The molecule has 1 N–H and O–H groups in total. The van der Waals surface area contributed by atoms with Gasteiger partial charge in [-0.05, 0) is 51.5 Å². The molecule has 0 aliphatic carbocycles. The lowest BCUT2D eigenvalue weighted by molar-refractivity contribution is 0.0849. The summed E-state index contributed by atoms with van der Waals surface area (Å²) in [6, 6.07) is 3.35. The van der Waals surface area contributed by atoms with Gasteiger partial charge < -0.3 is 5.32 Å². The number of unbranched alkanes of at least 4 members (excludes halogenated alkanes) is 1. The highest BCUT2D eigenvalue weighted by Crippen LogP contribution is 2.32. The SMILES string of the molecule is CCCCC(CC)N(CCC)C1CC2CCC(C1)N2. The number of hydrogen-bond donors (Lipinski definition) is 1. The van der Waals surface area contributed by atoms with Gasteiger partial charge >= 0.3 is 0 Å². The minimum absolute atomic E-state index is 0.826. The van der Waals surface area contributed by atoms with Gasteiger partial charge in [0, 0.05) is 24.2 Å². The van der Waals surface area contributed by atoms with Crippen molar-refractivity contribution >= 4 is 0 Å². The Kier molecular flexibility index (Phi) is 6.15. The maximum absolute atomic E-state index is 3.79. The summed E-state index contributed by atoms with van der Waals surface area (Å²) in [5, 5.41) is 3.79. The molecule has 0 aromatic heterocycles. The van der Waals surface area contributed by atoms with Crippen molar-refractivity contribution in [2.45, 2.75) is 103 Å². The quantitative estimate of drug-likeness (QED) is 0.715. The van der Waals surface area contributed by atoms with Crippen molar-refractivity contribution < 1.29 is 0 Å². The Morgan fingerprint density at radius 3 is 2.26 bits per heavy atom. The van der Waals surface area contributed by atoms with Crippen LogP contribution in [0.1, 0.15) is 78.6 Å². The fourth-order valence-electron chi connectivity index (χ4n) is 4.26. The second-order valence-corrected chi connectivity index (χ2v) is 6.71. The van der Waals surface area contributed by atoms with Crippen molar-refractivity contribution in [3.05, 3.63) is 0 Å². The third kappa shape index (κ3) is 3.95. The molecule has 2 aliphatic rings. The summed E-state index contributed by atoms with van der Waals surface area (Å²) in [5.41, 5.74) is 0. The van der Waals surface area contributed by atoms with Gasteiger partial charge in [0.05, 0.1) is 0 Å². The first-order chi connectivity index (χ1) is 9.28. The van der Waals surface area contributed by atoms with E-state index in [1.807, 2.05) is 0 Å². The molecule has 2 fully saturated rings. The lowest BCUT2D eigenvalue weighted by atomic mass is 9.94. The van der Waals surface area contributed by atoms with Crippen LogP contribution in [0, 0.1) is 0 Å². The zero-order valence-electron chi connectivity index (χ0n) is 13.3. The smallest absolute Gasteiger partial charge is 0.0128 e.